The smallest absolute Gasteiger partial charge is 0.322 e. The van der Waals surface area contributed by atoms with Gasteiger partial charge in [0, 0.05) is 17.1 Å². The Labute approximate surface area is 144 Å². The molecule has 128 valence electrons. The van der Waals surface area contributed by atoms with Crippen molar-refractivity contribution in [1.29, 1.82) is 0 Å². The van der Waals surface area contributed by atoms with Crippen molar-refractivity contribution in [2.75, 3.05) is 6.54 Å². The summed E-state index contributed by atoms with van der Waals surface area (Å²) in [6, 6.07) is 17.5. The summed E-state index contributed by atoms with van der Waals surface area (Å²) < 4.78 is 7.57. The van der Waals surface area contributed by atoms with Crippen LogP contribution in [0.4, 0.5) is 0 Å². The lowest BCUT2D eigenvalue weighted by atomic mass is 10.2. The van der Waals surface area contributed by atoms with Crippen LogP contribution in [0.3, 0.4) is 0 Å². The molecule has 1 aromatic heterocycles. The second-order valence-electron chi connectivity index (χ2n) is 5.61. The number of carbonyl (C=O) groups is 2. The molecule has 0 aliphatic heterocycles. The number of benzene rings is 2. The van der Waals surface area contributed by atoms with Gasteiger partial charge in [0.1, 0.15) is 25.4 Å². The maximum atomic E-state index is 11.8. The van der Waals surface area contributed by atoms with Gasteiger partial charge in [-0.1, -0.05) is 30.3 Å². The van der Waals surface area contributed by atoms with E-state index in [2.05, 4.69) is 5.32 Å². The highest BCUT2D eigenvalue weighted by molar-refractivity contribution is 5.85. The van der Waals surface area contributed by atoms with Gasteiger partial charge < -0.3 is 19.7 Å². The highest BCUT2D eigenvalue weighted by atomic mass is 16.5. The van der Waals surface area contributed by atoms with E-state index in [0.717, 1.165) is 22.2 Å². The fourth-order valence-corrected chi connectivity index (χ4v) is 2.53. The van der Waals surface area contributed by atoms with E-state index in [1.165, 1.54) is 0 Å². The van der Waals surface area contributed by atoms with Gasteiger partial charge in [-0.2, -0.15) is 0 Å². The summed E-state index contributed by atoms with van der Waals surface area (Å²) in [5, 5.41) is 11.9. The molecule has 0 aliphatic carbocycles. The summed E-state index contributed by atoms with van der Waals surface area (Å²) in [4.78, 5) is 22.2. The Hall–Kier alpha value is -3.28. The summed E-state index contributed by atoms with van der Waals surface area (Å²) in [6.45, 7) is 0.182. The van der Waals surface area contributed by atoms with Gasteiger partial charge in [0.15, 0.2) is 0 Å². The first-order valence-corrected chi connectivity index (χ1v) is 7.86. The van der Waals surface area contributed by atoms with Gasteiger partial charge in [0.2, 0.25) is 5.91 Å². The number of nitrogens with zero attached hydrogens (tertiary/aromatic N) is 1. The molecule has 25 heavy (non-hydrogen) atoms. The van der Waals surface area contributed by atoms with Crippen LogP contribution in [0, 0.1) is 0 Å². The molecule has 3 aromatic rings. The number of carboxylic acids is 1. The van der Waals surface area contributed by atoms with Crippen LogP contribution >= 0.6 is 0 Å². The lowest BCUT2D eigenvalue weighted by molar-refractivity contribution is -0.138. The van der Waals surface area contributed by atoms with Crippen LogP contribution in [-0.2, 0) is 22.7 Å². The molecule has 2 aromatic carbocycles. The molecule has 6 heteroatoms. The molecule has 0 aliphatic rings. The lowest BCUT2D eigenvalue weighted by Crippen LogP contribution is -2.31. The maximum Gasteiger partial charge on any atom is 0.322 e. The van der Waals surface area contributed by atoms with E-state index in [9.17, 15) is 9.59 Å². The number of hydrogen-bond donors (Lipinski definition) is 2. The molecule has 3 rings (SSSR count). The van der Waals surface area contributed by atoms with Crippen LogP contribution in [0.2, 0.25) is 0 Å². The molecule has 0 unspecified atom stereocenters. The standard InChI is InChI=1S/C19H18N2O4/c22-18(20-11-19(23)24)12-21-9-8-15-10-16(6-7-17(15)21)25-13-14-4-2-1-3-5-14/h1-10H,11-13H2,(H,20,22)(H,23,24). The topological polar surface area (TPSA) is 80.6 Å². The molecule has 0 saturated heterocycles. The van der Waals surface area contributed by atoms with Crippen LogP contribution in [0.1, 0.15) is 5.56 Å². The number of fused-ring (bicyclic) bond motifs is 1. The van der Waals surface area contributed by atoms with Gasteiger partial charge in [-0.15, -0.1) is 0 Å². The Bertz CT molecular complexity index is 887. The van der Waals surface area contributed by atoms with Crippen molar-refractivity contribution < 1.29 is 19.4 Å². The first kappa shape index (κ1) is 16.6. The van der Waals surface area contributed by atoms with Gasteiger partial charge in [0.05, 0.1) is 0 Å². The van der Waals surface area contributed by atoms with Crippen LogP contribution in [0.5, 0.6) is 5.75 Å². The largest absolute Gasteiger partial charge is 0.489 e. The molecule has 0 spiro atoms. The summed E-state index contributed by atoms with van der Waals surface area (Å²) in [5.74, 6) is -0.653. The van der Waals surface area contributed by atoms with E-state index >= 15 is 0 Å². The number of amides is 1. The van der Waals surface area contributed by atoms with E-state index in [1.807, 2.05) is 54.6 Å². The first-order valence-electron chi connectivity index (χ1n) is 7.86. The SMILES string of the molecule is O=C(O)CNC(=O)Cn1ccc2cc(OCc3ccccc3)ccc21. The Morgan fingerprint density at radius 1 is 1.08 bits per heavy atom. The van der Waals surface area contributed by atoms with Crippen molar-refractivity contribution in [3.63, 3.8) is 0 Å². The van der Waals surface area contributed by atoms with Crippen LogP contribution in [0.15, 0.2) is 60.8 Å². The monoisotopic (exact) mass is 338 g/mol. The molecular formula is C19H18N2O4. The zero-order chi connectivity index (χ0) is 17.6. The first-order chi connectivity index (χ1) is 12.1. The van der Waals surface area contributed by atoms with Crippen LogP contribution in [-0.4, -0.2) is 28.1 Å². The second-order valence-corrected chi connectivity index (χ2v) is 5.61. The Morgan fingerprint density at radius 2 is 1.88 bits per heavy atom. The van der Waals surface area contributed by atoms with Crippen LogP contribution < -0.4 is 10.1 Å². The molecule has 1 heterocycles. The molecule has 6 nitrogen and oxygen atoms in total. The van der Waals surface area contributed by atoms with Gasteiger partial charge in [-0.05, 0) is 29.8 Å². The average molecular weight is 338 g/mol. The van der Waals surface area contributed by atoms with Crippen molar-refractivity contribution >= 4 is 22.8 Å². The highest BCUT2D eigenvalue weighted by Crippen LogP contribution is 2.22. The molecule has 0 bridgehead atoms. The summed E-state index contributed by atoms with van der Waals surface area (Å²) in [7, 11) is 0. The number of carboxylic acid groups (broad SMARTS) is 1. The van der Waals surface area contributed by atoms with Gasteiger partial charge in [-0.3, -0.25) is 9.59 Å². The number of aliphatic carboxylic acids is 1. The molecule has 2 N–H and O–H groups in total. The molecular weight excluding hydrogens is 320 g/mol. The number of hydrogen-bond acceptors (Lipinski definition) is 3. The highest BCUT2D eigenvalue weighted by Gasteiger charge is 2.08. The fraction of sp³-hybridized carbons (Fsp3) is 0.158. The Kier molecular flexibility index (Phi) is 4.99. The van der Waals surface area contributed by atoms with E-state index in [-0.39, 0.29) is 19.0 Å². The summed E-state index contributed by atoms with van der Waals surface area (Å²) >= 11 is 0. The predicted octanol–water partition coefficient (Wildman–Crippen LogP) is 2.42. The minimum absolute atomic E-state index is 0.0704. The number of ether oxygens (including phenoxy) is 1. The molecule has 1 amide bonds. The third-order valence-electron chi connectivity index (χ3n) is 3.74. The zero-order valence-corrected chi connectivity index (χ0v) is 13.5. The third kappa shape index (κ3) is 4.38. The van der Waals surface area contributed by atoms with E-state index in [4.69, 9.17) is 9.84 Å². The molecule has 0 radical (unpaired) electrons. The van der Waals surface area contributed by atoms with Crippen molar-refractivity contribution in [1.82, 2.24) is 9.88 Å². The number of rotatable bonds is 7. The summed E-state index contributed by atoms with van der Waals surface area (Å²) in [6.07, 6.45) is 1.80. The van der Waals surface area contributed by atoms with Gasteiger partial charge in [-0.25, -0.2) is 0 Å². The average Bonchev–Trinajstić information content (AvgIpc) is 3.01. The van der Waals surface area contributed by atoms with Crippen molar-refractivity contribution in [2.45, 2.75) is 13.2 Å². The van der Waals surface area contributed by atoms with Crippen LogP contribution in [0.25, 0.3) is 10.9 Å². The fourth-order valence-electron chi connectivity index (χ4n) is 2.53. The van der Waals surface area contributed by atoms with E-state index in [0.29, 0.717) is 6.61 Å². The van der Waals surface area contributed by atoms with Crippen molar-refractivity contribution in [3.8, 4) is 5.75 Å². The van der Waals surface area contributed by atoms with Gasteiger partial charge in [0.25, 0.3) is 0 Å². The minimum atomic E-state index is -1.06. The third-order valence-corrected chi connectivity index (χ3v) is 3.74. The quantitative estimate of drug-likeness (QED) is 0.693. The van der Waals surface area contributed by atoms with Crippen molar-refractivity contribution in [2.24, 2.45) is 0 Å². The van der Waals surface area contributed by atoms with E-state index in [1.54, 1.807) is 10.8 Å². The molecule has 0 fully saturated rings. The molecule has 0 atom stereocenters. The van der Waals surface area contributed by atoms with Gasteiger partial charge >= 0.3 is 5.97 Å². The lowest BCUT2D eigenvalue weighted by Gasteiger charge is -2.08. The predicted molar refractivity (Wildman–Crippen MR) is 93.4 cm³/mol. The Balaban J connectivity index is 1.66. The minimum Gasteiger partial charge on any atom is -0.489 e. The zero-order valence-electron chi connectivity index (χ0n) is 13.5. The number of carbonyl (C=O) groups excluding carboxylic acids is 1. The molecule has 0 saturated carbocycles. The van der Waals surface area contributed by atoms with Crippen molar-refractivity contribution in [3.05, 3.63) is 66.4 Å². The normalized spacial score (nSPS) is 10.6. The number of nitrogens with one attached hydrogen (secondary N) is 1. The summed E-state index contributed by atoms with van der Waals surface area (Å²) in [5.41, 5.74) is 1.98. The number of aromatic nitrogens is 1. The van der Waals surface area contributed by atoms with E-state index < -0.39 is 5.97 Å². The Morgan fingerprint density at radius 3 is 2.64 bits per heavy atom. The second kappa shape index (κ2) is 7.53. The maximum absolute atomic E-state index is 11.8.